The number of carbonyl (C=O) groups is 1. The van der Waals surface area contributed by atoms with Crippen molar-refractivity contribution in [2.45, 2.75) is 44.6 Å². The van der Waals surface area contributed by atoms with E-state index < -0.39 is 10.0 Å². The summed E-state index contributed by atoms with van der Waals surface area (Å²) in [6.07, 6.45) is 3.00. The first-order valence-electron chi connectivity index (χ1n) is 8.52. The van der Waals surface area contributed by atoms with E-state index >= 15 is 0 Å². The molecule has 0 radical (unpaired) electrons. The van der Waals surface area contributed by atoms with Crippen molar-refractivity contribution in [3.05, 3.63) is 45.4 Å². The van der Waals surface area contributed by atoms with Crippen LogP contribution in [0.3, 0.4) is 0 Å². The first kappa shape index (κ1) is 20.5. The van der Waals surface area contributed by atoms with E-state index in [1.54, 1.807) is 24.3 Å². The molecule has 1 N–H and O–H groups in total. The van der Waals surface area contributed by atoms with Crippen molar-refractivity contribution < 1.29 is 13.2 Å². The van der Waals surface area contributed by atoms with Crippen molar-refractivity contribution in [1.82, 2.24) is 14.6 Å². The molecule has 0 unspecified atom stereocenters. The van der Waals surface area contributed by atoms with Crippen LogP contribution in [0.5, 0.6) is 0 Å². The number of hydrogen-bond acceptors (Lipinski definition) is 5. The van der Waals surface area contributed by atoms with Gasteiger partial charge in [-0.15, -0.1) is 11.3 Å². The first-order chi connectivity index (χ1) is 12.3. The molecule has 0 fully saturated rings. The number of amides is 1. The Kier molecular flexibility index (Phi) is 6.91. The SMILES string of the molecule is CCCCc1nc(C)c(C(=O)NCc2ccccc2S(=O)(=O)N(C)C)s1. The molecule has 1 aromatic carbocycles. The third kappa shape index (κ3) is 4.69. The second kappa shape index (κ2) is 8.75. The summed E-state index contributed by atoms with van der Waals surface area (Å²) in [6, 6.07) is 6.70. The maximum atomic E-state index is 12.5. The third-order valence-electron chi connectivity index (χ3n) is 3.96. The number of sulfonamides is 1. The Bertz CT molecular complexity index is 874. The highest BCUT2D eigenvalue weighted by atomic mass is 32.2. The van der Waals surface area contributed by atoms with Gasteiger partial charge < -0.3 is 5.32 Å². The number of nitrogens with zero attached hydrogens (tertiary/aromatic N) is 2. The normalized spacial score (nSPS) is 11.7. The van der Waals surface area contributed by atoms with Crippen LogP contribution < -0.4 is 5.32 Å². The summed E-state index contributed by atoms with van der Waals surface area (Å²) in [7, 11) is -0.584. The van der Waals surface area contributed by atoms with Gasteiger partial charge >= 0.3 is 0 Å². The average Bonchev–Trinajstić information content (AvgIpc) is 2.98. The van der Waals surface area contributed by atoms with Crippen LogP contribution >= 0.6 is 11.3 Å². The number of aromatic nitrogens is 1. The lowest BCUT2D eigenvalue weighted by Gasteiger charge is -2.15. The molecule has 0 aliphatic heterocycles. The summed E-state index contributed by atoms with van der Waals surface area (Å²) in [5, 5.41) is 3.79. The van der Waals surface area contributed by atoms with Crippen LogP contribution in [0.25, 0.3) is 0 Å². The Morgan fingerprint density at radius 1 is 1.27 bits per heavy atom. The van der Waals surface area contributed by atoms with Gasteiger partial charge in [-0.25, -0.2) is 17.7 Å². The van der Waals surface area contributed by atoms with Crippen LogP contribution in [-0.4, -0.2) is 37.7 Å². The second-order valence-corrected chi connectivity index (χ2v) is 9.41. The van der Waals surface area contributed by atoms with Crippen LogP contribution in [0.15, 0.2) is 29.2 Å². The van der Waals surface area contributed by atoms with Crippen molar-refractivity contribution in [1.29, 1.82) is 0 Å². The molecule has 26 heavy (non-hydrogen) atoms. The molecule has 6 nitrogen and oxygen atoms in total. The number of unbranched alkanes of at least 4 members (excludes halogenated alkanes) is 1. The van der Waals surface area contributed by atoms with Gasteiger partial charge in [-0.1, -0.05) is 31.5 Å². The molecule has 1 heterocycles. The predicted molar refractivity (Wildman–Crippen MR) is 104 cm³/mol. The molecular weight excluding hydrogens is 370 g/mol. The first-order valence-corrected chi connectivity index (χ1v) is 10.8. The quantitative estimate of drug-likeness (QED) is 0.745. The molecule has 8 heteroatoms. The van der Waals surface area contributed by atoms with E-state index in [-0.39, 0.29) is 17.3 Å². The topological polar surface area (TPSA) is 79.4 Å². The van der Waals surface area contributed by atoms with Crippen molar-refractivity contribution in [2.24, 2.45) is 0 Å². The monoisotopic (exact) mass is 395 g/mol. The zero-order valence-corrected chi connectivity index (χ0v) is 17.2. The van der Waals surface area contributed by atoms with E-state index in [0.717, 1.165) is 24.3 Å². The number of thiazole rings is 1. The molecule has 0 spiro atoms. The number of nitrogens with one attached hydrogen (secondary N) is 1. The number of aryl methyl sites for hydroxylation is 2. The molecule has 0 saturated heterocycles. The molecule has 1 amide bonds. The summed E-state index contributed by atoms with van der Waals surface area (Å²) in [4.78, 5) is 17.8. The maximum Gasteiger partial charge on any atom is 0.263 e. The number of benzene rings is 1. The Hall–Kier alpha value is -1.77. The van der Waals surface area contributed by atoms with Crippen molar-refractivity contribution in [3.63, 3.8) is 0 Å². The zero-order valence-electron chi connectivity index (χ0n) is 15.6. The summed E-state index contributed by atoms with van der Waals surface area (Å²) < 4.78 is 26.0. The number of carbonyl (C=O) groups excluding carboxylic acids is 1. The van der Waals surface area contributed by atoms with E-state index in [4.69, 9.17) is 0 Å². The Morgan fingerprint density at radius 2 is 1.96 bits per heavy atom. The lowest BCUT2D eigenvalue weighted by molar-refractivity contribution is 0.0954. The van der Waals surface area contributed by atoms with Gasteiger partial charge in [-0.05, 0) is 31.4 Å². The van der Waals surface area contributed by atoms with E-state index in [1.165, 1.54) is 29.7 Å². The fourth-order valence-corrected chi connectivity index (χ4v) is 4.59. The second-order valence-electron chi connectivity index (χ2n) is 6.20. The van der Waals surface area contributed by atoms with E-state index in [1.807, 2.05) is 6.92 Å². The van der Waals surface area contributed by atoms with Gasteiger partial charge in [0.1, 0.15) is 4.88 Å². The maximum absolute atomic E-state index is 12.5. The lowest BCUT2D eigenvalue weighted by atomic mass is 10.2. The van der Waals surface area contributed by atoms with Crippen LogP contribution in [0.2, 0.25) is 0 Å². The minimum absolute atomic E-state index is 0.143. The van der Waals surface area contributed by atoms with Gasteiger partial charge in [0.2, 0.25) is 10.0 Å². The van der Waals surface area contributed by atoms with Crippen LogP contribution in [0, 0.1) is 6.92 Å². The standard InChI is InChI=1S/C18H25N3O3S2/c1-5-6-11-16-20-13(2)17(25-16)18(22)19-12-14-9-7-8-10-15(14)26(23,24)21(3)4/h7-10H,5-6,11-12H2,1-4H3,(H,19,22). The molecule has 0 aliphatic carbocycles. The number of hydrogen-bond donors (Lipinski definition) is 1. The molecule has 142 valence electrons. The predicted octanol–water partition coefficient (Wildman–Crippen LogP) is 2.97. The fourth-order valence-electron chi connectivity index (χ4n) is 2.45. The van der Waals surface area contributed by atoms with E-state index in [0.29, 0.717) is 16.1 Å². The van der Waals surface area contributed by atoms with Gasteiger partial charge in [0.25, 0.3) is 5.91 Å². The highest BCUT2D eigenvalue weighted by Crippen LogP contribution is 2.21. The Labute approximate surface area is 159 Å². The zero-order chi connectivity index (χ0) is 19.3. The molecule has 2 aromatic rings. The van der Waals surface area contributed by atoms with Crippen LogP contribution in [-0.2, 0) is 23.0 Å². The smallest absolute Gasteiger partial charge is 0.263 e. The molecule has 0 saturated carbocycles. The highest BCUT2D eigenvalue weighted by Gasteiger charge is 2.21. The van der Waals surface area contributed by atoms with E-state index in [2.05, 4.69) is 17.2 Å². The highest BCUT2D eigenvalue weighted by molar-refractivity contribution is 7.89. The number of rotatable bonds is 8. The molecule has 0 atom stereocenters. The van der Waals surface area contributed by atoms with Gasteiger partial charge in [-0.3, -0.25) is 4.79 Å². The lowest BCUT2D eigenvalue weighted by Crippen LogP contribution is -2.27. The molecular formula is C18H25N3O3S2. The van der Waals surface area contributed by atoms with Gasteiger partial charge in [0.15, 0.2) is 0 Å². The third-order valence-corrected chi connectivity index (χ3v) is 7.09. The Morgan fingerprint density at radius 3 is 2.62 bits per heavy atom. The summed E-state index contributed by atoms with van der Waals surface area (Å²) in [5.41, 5.74) is 1.27. The summed E-state index contributed by atoms with van der Waals surface area (Å²) >= 11 is 1.41. The molecule has 0 bridgehead atoms. The van der Waals surface area contributed by atoms with Gasteiger partial charge in [-0.2, -0.15) is 0 Å². The molecule has 0 aliphatic rings. The molecule has 2 rings (SSSR count). The van der Waals surface area contributed by atoms with Crippen molar-refractivity contribution >= 4 is 27.3 Å². The van der Waals surface area contributed by atoms with Crippen molar-refractivity contribution in [2.75, 3.05) is 14.1 Å². The Balaban J connectivity index is 2.15. The van der Waals surface area contributed by atoms with Crippen molar-refractivity contribution in [3.8, 4) is 0 Å². The average molecular weight is 396 g/mol. The van der Waals surface area contributed by atoms with E-state index in [9.17, 15) is 13.2 Å². The fraction of sp³-hybridized carbons (Fsp3) is 0.444. The van der Waals surface area contributed by atoms with Crippen LogP contribution in [0.4, 0.5) is 0 Å². The van der Waals surface area contributed by atoms with Crippen LogP contribution in [0.1, 0.15) is 45.7 Å². The minimum Gasteiger partial charge on any atom is -0.347 e. The molecule has 1 aromatic heterocycles. The van der Waals surface area contributed by atoms with Gasteiger partial charge in [0, 0.05) is 20.6 Å². The van der Waals surface area contributed by atoms with Gasteiger partial charge in [0.05, 0.1) is 15.6 Å². The summed E-state index contributed by atoms with van der Waals surface area (Å²) in [6.45, 7) is 4.09. The largest absolute Gasteiger partial charge is 0.347 e. The summed E-state index contributed by atoms with van der Waals surface area (Å²) in [5.74, 6) is -0.222. The minimum atomic E-state index is -3.56.